The molecule has 2 heterocycles. The quantitative estimate of drug-likeness (QED) is 0.0745. The van der Waals surface area contributed by atoms with Crippen molar-refractivity contribution < 1.29 is 36.0 Å². The molecule has 3 aromatic rings. The summed E-state index contributed by atoms with van der Waals surface area (Å²) in [5.41, 5.74) is 17.5. The van der Waals surface area contributed by atoms with E-state index in [-0.39, 0.29) is 51.8 Å². The highest BCUT2D eigenvalue weighted by atomic mass is 79.9. The summed E-state index contributed by atoms with van der Waals surface area (Å²) in [5, 5.41) is 14.6. The zero-order chi connectivity index (χ0) is 23.3. The van der Waals surface area contributed by atoms with Gasteiger partial charge in [0.05, 0.1) is 22.0 Å². The summed E-state index contributed by atoms with van der Waals surface area (Å²) < 4.78 is 7.25. The Morgan fingerprint density at radius 2 is 2.15 bits per heavy atom. The summed E-state index contributed by atoms with van der Waals surface area (Å²) in [6.45, 7) is 4.27. The molecule has 15 heteroatoms. The lowest BCUT2D eigenvalue weighted by Crippen LogP contribution is -3.00. The molecule has 2 N–H and O–H groups in total. The molecule has 2 aromatic heterocycles. The number of nitrogens with zero attached hydrogens (tertiary/aromatic N) is 7. The minimum Gasteiger partial charge on any atom is -1.00 e. The third-order valence-electron chi connectivity index (χ3n) is 4.64. The van der Waals surface area contributed by atoms with Crippen LogP contribution in [0, 0.1) is 24.0 Å². The molecule has 0 spiro atoms. The lowest BCUT2D eigenvalue weighted by molar-refractivity contribution is -0.689. The van der Waals surface area contributed by atoms with Gasteiger partial charge in [0, 0.05) is 36.2 Å². The van der Waals surface area contributed by atoms with Gasteiger partial charge in [-0.1, -0.05) is 22.5 Å². The van der Waals surface area contributed by atoms with Crippen LogP contribution in [0.5, 0.6) is 0 Å². The monoisotopic (exact) mass is 614 g/mol. The molecule has 0 saturated carbocycles. The summed E-state index contributed by atoms with van der Waals surface area (Å²) in [4.78, 5) is 34.8. The molecule has 0 amide bonds. The first-order chi connectivity index (χ1) is 15.3. The van der Waals surface area contributed by atoms with Gasteiger partial charge in [0.25, 0.3) is 5.69 Å². The van der Waals surface area contributed by atoms with Crippen LogP contribution in [0.15, 0.2) is 35.0 Å². The highest BCUT2D eigenvalue weighted by Gasteiger charge is 2.23. The molecule has 1 aromatic carbocycles. The molecule has 0 unspecified atom stereocenters. The maximum absolute atomic E-state index is 12.4. The first kappa shape index (κ1) is 28.9. The van der Waals surface area contributed by atoms with Crippen LogP contribution in [0.4, 0.5) is 17.2 Å². The maximum atomic E-state index is 12.4. The minimum atomic E-state index is -0.823. The van der Waals surface area contributed by atoms with Crippen molar-refractivity contribution in [1.82, 2.24) is 9.97 Å². The molecule has 12 nitrogen and oxygen atoms in total. The third-order valence-corrected chi connectivity index (χ3v) is 5.78. The number of nitrogen functional groups attached to an aromatic ring is 1. The Morgan fingerprint density at radius 1 is 1.41 bits per heavy atom. The number of carbonyl (C=O) groups excluding carboxylic acids is 1. The van der Waals surface area contributed by atoms with Crippen molar-refractivity contribution >= 4 is 51.5 Å². The Labute approximate surface area is 219 Å². The molecule has 0 saturated heterocycles. The number of aromatic nitrogens is 3. The van der Waals surface area contributed by atoms with E-state index >= 15 is 0 Å². The van der Waals surface area contributed by atoms with Crippen LogP contribution in [-0.4, -0.2) is 27.5 Å². The molecule has 0 aliphatic rings. The Hall–Kier alpha value is -3.13. The van der Waals surface area contributed by atoms with E-state index in [2.05, 4.69) is 20.0 Å². The number of anilines is 1. The highest BCUT2D eigenvalue weighted by molar-refractivity contribution is 8.93. The second-order valence-corrected chi connectivity index (χ2v) is 7.66. The number of azide groups is 1. The van der Waals surface area contributed by atoms with Gasteiger partial charge in [-0.05, 0) is 18.5 Å². The van der Waals surface area contributed by atoms with Gasteiger partial charge in [0.15, 0.2) is 12.2 Å². The smallest absolute Gasteiger partial charge is 0.345 e. The topological polar surface area (TPSA) is 174 Å². The molecule has 0 radical (unpaired) electrons. The van der Waals surface area contributed by atoms with E-state index in [1.165, 1.54) is 23.5 Å². The Kier molecular flexibility index (Phi) is 11.0. The van der Waals surface area contributed by atoms with E-state index in [9.17, 15) is 14.9 Å². The zero-order valence-electron chi connectivity index (χ0n) is 18.0. The summed E-state index contributed by atoms with van der Waals surface area (Å²) in [6, 6.07) is 3.56. The number of nitro benzene ring substituents is 1. The molecule has 0 fully saturated rings. The van der Waals surface area contributed by atoms with Crippen molar-refractivity contribution in [1.29, 1.82) is 0 Å². The largest absolute Gasteiger partial charge is 1.00 e. The number of hydrogen-bond donors (Lipinski definition) is 1. The van der Waals surface area contributed by atoms with Crippen molar-refractivity contribution in [2.24, 2.45) is 5.11 Å². The van der Waals surface area contributed by atoms with Gasteiger partial charge in [-0.2, -0.15) is 4.57 Å². The Bertz CT molecular complexity index is 1250. The first-order valence-electron chi connectivity index (χ1n) is 9.35. The van der Waals surface area contributed by atoms with Crippen LogP contribution >= 0.6 is 28.3 Å². The molecular weight excluding hydrogens is 596 g/mol. The molecule has 0 aliphatic carbocycles. The SMILES string of the molecule is Br.Cc1ncc(C[n+]2csc(CCOC(=O)c3ccc(N=[N+]=[N-])cc3[N+](=O)[O-])c2C)c(N)n1.[Br-]. The molecule has 0 atom stereocenters. The number of rotatable bonds is 8. The summed E-state index contributed by atoms with van der Waals surface area (Å²) >= 11 is 1.50. The zero-order valence-corrected chi connectivity index (χ0v) is 22.2. The number of hydrogen-bond acceptors (Lipinski definition) is 9. The van der Waals surface area contributed by atoms with Gasteiger partial charge < -0.3 is 27.5 Å². The number of ether oxygens (including phenoxy) is 1. The fourth-order valence-corrected chi connectivity index (χ4v) is 3.91. The maximum Gasteiger partial charge on any atom is 0.345 e. The van der Waals surface area contributed by atoms with Crippen molar-refractivity contribution in [3.8, 4) is 0 Å². The fraction of sp³-hybridized carbons (Fsp3) is 0.263. The predicted octanol–water partition coefficient (Wildman–Crippen LogP) is 0.904. The normalized spacial score (nSPS) is 9.82. The van der Waals surface area contributed by atoms with E-state index in [0.29, 0.717) is 24.6 Å². The highest BCUT2D eigenvalue weighted by Crippen LogP contribution is 2.26. The number of benzene rings is 1. The lowest BCUT2D eigenvalue weighted by Gasteiger charge is -2.05. The second kappa shape index (κ2) is 12.9. The van der Waals surface area contributed by atoms with Crippen molar-refractivity contribution in [3.63, 3.8) is 0 Å². The van der Waals surface area contributed by atoms with E-state index < -0.39 is 16.6 Å². The van der Waals surface area contributed by atoms with Gasteiger partial charge in [0.1, 0.15) is 17.2 Å². The Morgan fingerprint density at radius 3 is 2.79 bits per heavy atom. The number of halogens is 2. The molecule has 34 heavy (non-hydrogen) atoms. The standard InChI is InChI=1S/C19H19N8O4S.2BrH/c1-11-17(32-10-26(11)9-13-8-22-12(2)23-18(13)20)5-6-31-19(28)15-4-3-14(24-25-21)7-16(15)27(29)30;;/h3-4,7-8,10H,5-6,9H2,1-2H3,(H2,20,22,23);2*1H/q+1;;/p-1. The molecule has 180 valence electrons. The third kappa shape index (κ3) is 6.93. The summed E-state index contributed by atoms with van der Waals surface area (Å²) in [5.74, 6) is 0.212. The molecule has 0 bridgehead atoms. The summed E-state index contributed by atoms with van der Waals surface area (Å²) in [6.07, 6.45) is 2.14. The second-order valence-electron chi connectivity index (χ2n) is 6.72. The van der Waals surface area contributed by atoms with Gasteiger partial charge in [-0.3, -0.25) is 10.1 Å². The molecular formula is C19H20Br2N8O4S. The van der Waals surface area contributed by atoms with Crippen LogP contribution in [0.1, 0.15) is 32.3 Å². The number of thiazole rings is 1. The number of nitrogens with two attached hydrogens (primary N) is 1. The summed E-state index contributed by atoms with van der Waals surface area (Å²) in [7, 11) is 0. The van der Waals surface area contributed by atoms with E-state index in [4.69, 9.17) is 16.0 Å². The van der Waals surface area contributed by atoms with Gasteiger partial charge >= 0.3 is 5.97 Å². The van der Waals surface area contributed by atoms with E-state index in [0.717, 1.165) is 22.2 Å². The number of carbonyl (C=O) groups is 1. The van der Waals surface area contributed by atoms with Crippen LogP contribution in [0.3, 0.4) is 0 Å². The van der Waals surface area contributed by atoms with Crippen molar-refractivity contribution in [2.45, 2.75) is 26.8 Å². The number of esters is 1. The number of nitro groups is 1. The van der Waals surface area contributed by atoms with Gasteiger partial charge in [-0.25, -0.2) is 14.8 Å². The molecule has 0 aliphatic heterocycles. The van der Waals surface area contributed by atoms with Gasteiger partial charge in [-0.15, -0.1) is 17.0 Å². The minimum absolute atomic E-state index is 0. The first-order valence-corrected chi connectivity index (χ1v) is 10.2. The van der Waals surface area contributed by atoms with Crippen LogP contribution in [-0.2, 0) is 17.7 Å². The van der Waals surface area contributed by atoms with Crippen LogP contribution < -0.4 is 27.3 Å². The van der Waals surface area contributed by atoms with Crippen molar-refractivity contribution in [3.05, 3.63) is 78.0 Å². The average molecular weight is 616 g/mol. The van der Waals surface area contributed by atoms with Crippen LogP contribution in [0.2, 0.25) is 0 Å². The predicted molar refractivity (Wildman–Crippen MR) is 126 cm³/mol. The average Bonchev–Trinajstić information content (AvgIpc) is 3.09. The molecule has 3 rings (SSSR count). The van der Waals surface area contributed by atoms with E-state index in [1.807, 2.05) is 17.0 Å². The lowest BCUT2D eigenvalue weighted by atomic mass is 10.1. The number of aryl methyl sites for hydroxylation is 1. The van der Waals surface area contributed by atoms with Gasteiger partial charge in [0.2, 0.25) is 5.51 Å². The van der Waals surface area contributed by atoms with Crippen LogP contribution in [0.25, 0.3) is 10.4 Å². The fourth-order valence-electron chi connectivity index (χ4n) is 2.94. The van der Waals surface area contributed by atoms with E-state index in [1.54, 1.807) is 13.1 Å². The van der Waals surface area contributed by atoms with Crippen molar-refractivity contribution in [2.75, 3.05) is 12.3 Å². The Balaban J connectivity index is 0.00000289.